The van der Waals surface area contributed by atoms with Gasteiger partial charge in [-0.05, 0) is 0 Å². The molecule has 0 saturated heterocycles. The van der Waals surface area contributed by atoms with Gasteiger partial charge in [0.1, 0.15) is 13.2 Å². The van der Waals surface area contributed by atoms with Gasteiger partial charge in [0.15, 0.2) is 12.2 Å². The van der Waals surface area contributed by atoms with Crippen LogP contribution in [0.25, 0.3) is 0 Å². The van der Waals surface area contributed by atoms with E-state index in [2.05, 4.69) is 22.6 Å². The Balaban J connectivity index is 4.26. The topological polar surface area (TPSA) is 93.1 Å². The Labute approximate surface area is 113 Å². The van der Waals surface area contributed by atoms with Crippen molar-refractivity contribution in [3.63, 3.8) is 0 Å². The molecule has 2 unspecified atom stereocenters. The van der Waals surface area contributed by atoms with Gasteiger partial charge in [-0.15, -0.1) is 0 Å². The number of esters is 2. The lowest BCUT2D eigenvalue weighted by atomic mass is 10.2. The highest BCUT2D eigenvalue weighted by Gasteiger charge is 2.32. The van der Waals surface area contributed by atoms with E-state index < -0.39 is 24.1 Å². The van der Waals surface area contributed by atoms with E-state index in [1.165, 1.54) is 0 Å². The maximum Gasteiger partial charge on any atom is 0.338 e. The Morgan fingerprint density at radius 3 is 1.44 bits per heavy atom. The second-order valence-electron chi connectivity index (χ2n) is 3.14. The minimum absolute atomic E-state index is 0.0195. The Hall–Kier alpha value is -1.08. The van der Waals surface area contributed by atoms with E-state index in [0.29, 0.717) is 0 Å². The van der Waals surface area contributed by atoms with Crippen molar-refractivity contribution in [1.29, 1.82) is 0 Å². The molecule has 0 aliphatic heterocycles. The largest absolute Gasteiger partial charge is 0.458 e. The van der Waals surface area contributed by atoms with Crippen molar-refractivity contribution in [2.75, 3.05) is 13.2 Å². The predicted octanol–water partition coefficient (Wildman–Crippen LogP) is 0.300. The number of aliphatic hydroxyl groups is 2. The molecule has 0 fully saturated rings. The van der Waals surface area contributed by atoms with Crippen molar-refractivity contribution in [3.05, 3.63) is 23.2 Å². The van der Waals surface area contributed by atoms with Crippen LogP contribution in [0.5, 0.6) is 0 Å². The van der Waals surface area contributed by atoms with Gasteiger partial charge in [-0.2, -0.15) is 0 Å². The van der Waals surface area contributed by atoms with E-state index in [1.807, 2.05) is 0 Å². The molecule has 0 radical (unpaired) electrons. The van der Waals surface area contributed by atoms with E-state index >= 15 is 0 Å². The molecule has 2 atom stereocenters. The minimum atomic E-state index is -2.09. The first-order valence-electron chi connectivity index (χ1n) is 4.61. The van der Waals surface area contributed by atoms with E-state index in [1.54, 1.807) is 0 Å². The molecule has 0 saturated carbocycles. The number of ether oxygens (including phenoxy) is 2. The number of hydrogen-bond acceptors (Lipinski definition) is 6. The molecule has 0 aromatic heterocycles. The van der Waals surface area contributed by atoms with Crippen LogP contribution < -0.4 is 0 Å². The molecule has 0 rings (SSSR count). The molecular formula is C10H12Cl2O6. The molecule has 0 aliphatic carbocycles. The second-order valence-corrected chi connectivity index (χ2v) is 4.21. The van der Waals surface area contributed by atoms with Crippen molar-refractivity contribution >= 4 is 35.1 Å². The zero-order valence-corrected chi connectivity index (χ0v) is 10.8. The molecule has 0 heterocycles. The van der Waals surface area contributed by atoms with Gasteiger partial charge in [-0.25, -0.2) is 9.59 Å². The highest BCUT2D eigenvalue weighted by molar-refractivity contribution is 6.29. The first-order valence-corrected chi connectivity index (χ1v) is 5.37. The Morgan fingerprint density at radius 2 is 1.22 bits per heavy atom. The van der Waals surface area contributed by atoms with Gasteiger partial charge in [-0.3, -0.25) is 0 Å². The normalized spacial score (nSPS) is 13.3. The highest BCUT2D eigenvalue weighted by atomic mass is 35.5. The summed E-state index contributed by atoms with van der Waals surface area (Å²) in [5, 5.41) is 18.6. The lowest BCUT2D eigenvalue weighted by Crippen LogP contribution is -2.41. The third-order valence-electron chi connectivity index (χ3n) is 1.52. The lowest BCUT2D eigenvalue weighted by Gasteiger charge is -2.15. The summed E-state index contributed by atoms with van der Waals surface area (Å²) < 4.78 is 8.86. The fraction of sp³-hybridized carbons (Fsp3) is 0.400. The predicted molar refractivity (Wildman–Crippen MR) is 63.9 cm³/mol. The van der Waals surface area contributed by atoms with Gasteiger partial charge in [0.2, 0.25) is 0 Å². The summed E-state index contributed by atoms with van der Waals surface area (Å²) in [5.74, 6) is -2.46. The molecular weight excluding hydrogens is 287 g/mol. The molecule has 6 nitrogen and oxygen atoms in total. The number of aliphatic hydroxyl groups excluding tert-OH is 2. The van der Waals surface area contributed by atoms with E-state index in [-0.39, 0.29) is 23.3 Å². The first kappa shape index (κ1) is 16.9. The molecule has 18 heavy (non-hydrogen) atoms. The summed E-state index contributed by atoms with van der Waals surface area (Å²) in [4.78, 5) is 22.3. The molecule has 0 aliphatic rings. The summed E-state index contributed by atoms with van der Waals surface area (Å²) in [7, 11) is 0. The smallest absolute Gasteiger partial charge is 0.338 e. The zero-order chi connectivity index (χ0) is 14.3. The molecule has 0 amide bonds. The molecule has 8 heteroatoms. The van der Waals surface area contributed by atoms with Gasteiger partial charge in [-0.1, -0.05) is 36.4 Å². The number of hydrogen-bond donors (Lipinski definition) is 2. The second kappa shape index (κ2) is 8.10. The lowest BCUT2D eigenvalue weighted by molar-refractivity contribution is -0.171. The minimum Gasteiger partial charge on any atom is -0.458 e. The van der Waals surface area contributed by atoms with Crippen LogP contribution in [0, 0.1) is 0 Å². The summed E-state index contributed by atoms with van der Waals surface area (Å²) >= 11 is 10.6. The molecule has 0 bridgehead atoms. The maximum atomic E-state index is 11.1. The Morgan fingerprint density at radius 1 is 0.944 bits per heavy atom. The maximum absolute atomic E-state index is 11.1. The number of carbonyl (C=O) groups excluding carboxylic acids is 2. The quantitative estimate of drug-likeness (QED) is 0.657. The van der Waals surface area contributed by atoms with Crippen LogP contribution in [0.3, 0.4) is 0 Å². The molecule has 0 aromatic carbocycles. The van der Waals surface area contributed by atoms with E-state index in [9.17, 15) is 19.8 Å². The summed E-state index contributed by atoms with van der Waals surface area (Å²) in [6, 6.07) is 0. The van der Waals surface area contributed by atoms with Crippen LogP contribution in [-0.2, 0) is 19.1 Å². The van der Waals surface area contributed by atoms with Gasteiger partial charge in [0.25, 0.3) is 0 Å². The molecule has 0 spiro atoms. The number of carbonyl (C=O) groups is 2. The van der Waals surface area contributed by atoms with Crippen LogP contribution in [0.4, 0.5) is 0 Å². The van der Waals surface area contributed by atoms with E-state index in [4.69, 9.17) is 23.2 Å². The van der Waals surface area contributed by atoms with E-state index in [0.717, 1.165) is 0 Å². The average molecular weight is 299 g/mol. The standard InChI is InChI=1S/C10H12Cl2O6/c1-5(11)3-17-9(15)7(13)8(14)10(16)18-4-6(2)12/h7-8,13-14H,1-4H2. The molecule has 2 N–H and O–H groups in total. The fourth-order valence-electron chi connectivity index (χ4n) is 0.727. The summed E-state index contributed by atoms with van der Waals surface area (Å²) in [6.07, 6.45) is -4.17. The van der Waals surface area contributed by atoms with Gasteiger partial charge >= 0.3 is 11.9 Å². The fourth-order valence-corrected chi connectivity index (χ4v) is 0.837. The molecule has 102 valence electrons. The van der Waals surface area contributed by atoms with Crippen molar-refractivity contribution < 1.29 is 29.3 Å². The first-order chi connectivity index (χ1) is 8.25. The Bertz CT molecular complexity index is 320. The van der Waals surface area contributed by atoms with Crippen molar-refractivity contribution in [1.82, 2.24) is 0 Å². The van der Waals surface area contributed by atoms with Crippen LogP contribution >= 0.6 is 23.2 Å². The van der Waals surface area contributed by atoms with Crippen molar-refractivity contribution in [2.24, 2.45) is 0 Å². The van der Waals surface area contributed by atoms with Crippen LogP contribution in [0.15, 0.2) is 23.2 Å². The third-order valence-corrected chi connectivity index (χ3v) is 1.74. The van der Waals surface area contributed by atoms with Gasteiger partial charge in [0.05, 0.1) is 0 Å². The third kappa shape index (κ3) is 6.61. The number of rotatable bonds is 7. The molecule has 0 aromatic rings. The van der Waals surface area contributed by atoms with Crippen molar-refractivity contribution in [2.45, 2.75) is 12.2 Å². The Kier molecular flexibility index (Phi) is 7.61. The zero-order valence-electron chi connectivity index (χ0n) is 9.27. The summed E-state index contributed by atoms with van der Waals surface area (Å²) in [5.41, 5.74) is 0. The number of halogens is 2. The summed E-state index contributed by atoms with van der Waals surface area (Å²) in [6.45, 7) is 5.79. The van der Waals surface area contributed by atoms with Crippen LogP contribution in [0.1, 0.15) is 0 Å². The highest BCUT2D eigenvalue weighted by Crippen LogP contribution is 2.05. The SMILES string of the molecule is C=C(Cl)COC(=O)C(O)C(O)C(=O)OCC(=C)Cl. The van der Waals surface area contributed by atoms with Gasteiger partial charge < -0.3 is 19.7 Å². The van der Waals surface area contributed by atoms with Crippen LogP contribution in [0.2, 0.25) is 0 Å². The van der Waals surface area contributed by atoms with Crippen molar-refractivity contribution in [3.8, 4) is 0 Å². The average Bonchev–Trinajstić information content (AvgIpc) is 2.30. The van der Waals surface area contributed by atoms with Crippen LogP contribution in [-0.4, -0.2) is 47.6 Å². The van der Waals surface area contributed by atoms with Gasteiger partial charge in [0, 0.05) is 10.1 Å². The monoisotopic (exact) mass is 298 g/mol.